The van der Waals surface area contributed by atoms with E-state index in [9.17, 15) is 13.0 Å². The van der Waals surface area contributed by atoms with Crippen molar-refractivity contribution < 1.29 is 61.5 Å². The van der Waals surface area contributed by atoms with Gasteiger partial charge in [0.2, 0.25) is 0 Å². The van der Waals surface area contributed by atoms with Crippen LogP contribution in [0.25, 0.3) is 0 Å². The van der Waals surface area contributed by atoms with E-state index in [0.717, 1.165) is 78.3 Å². The van der Waals surface area contributed by atoms with Gasteiger partial charge in [-0.1, -0.05) is 11.8 Å². The zero-order chi connectivity index (χ0) is 39.4. The van der Waals surface area contributed by atoms with Crippen LogP contribution < -0.4 is 63.2 Å². The fourth-order valence-corrected chi connectivity index (χ4v) is 8.10. The van der Waals surface area contributed by atoms with Crippen molar-refractivity contribution in [2.24, 2.45) is 0 Å². The molecule has 288 valence electrons. The number of anilines is 8. The molecule has 1 heterocycles. The first-order valence-electron chi connectivity index (χ1n) is 17.9. The van der Waals surface area contributed by atoms with Crippen LogP contribution in [-0.4, -0.2) is 53.2 Å². The van der Waals surface area contributed by atoms with Gasteiger partial charge in [-0.15, -0.1) is 0 Å². The molecule has 7 rings (SSSR count). The summed E-state index contributed by atoms with van der Waals surface area (Å²) in [6.07, 6.45) is 0.130. The normalized spacial score (nSPS) is 12.4. The van der Waals surface area contributed by atoms with Crippen LogP contribution in [0, 0.1) is 0 Å². The van der Waals surface area contributed by atoms with Crippen molar-refractivity contribution in [3.63, 3.8) is 0 Å². The molecular formula is C44H42N3NaO7S2. The Morgan fingerprint density at radius 3 is 1.12 bits per heavy atom. The standard InChI is InChI=1S/C44H43N3O7S2.Na/c1-30(56(48,49)50)26-27-45-41-28-35(46(31-6-16-37(51-2)17-7-31)32-8-18-38(52-3)19-9-32)14-24-43(41)55-44-25-15-36(29-42(44)45)47(33-10-20-39(53-4)21-11-33)34-12-22-40(54-5)23-13-34;/h6-25,28-30H,26-27H2,1-5H3,(H,48,49,50);/q;+1/p-1. The average molecular weight is 812 g/mol. The topological polar surface area (TPSA) is 104 Å². The molecule has 6 aromatic rings. The average Bonchev–Trinajstić information content (AvgIpc) is 3.23. The summed E-state index contributed by atoms with van der Waals surface area (Å²) in [7, 11) is 2.05. The molecule has 0 aromatic heterocycles. The molecule has 0 radical (unpaired) electrons. The summed E-state index contributed by atoms with van der Waals surface area (Å²) in [5.41, 5.74) is 7.19. The van der Waals surface area contributed by atoms with E-state index in [0.29, 0.717) is 0 Å². The summed E-state index contributed by atoms with van der Waals surface area (Å²) in [6, 6.07) is 44.0. The molecule has 0 fully saturated rings. The van der Waals surface area contributed by atoms with Crippen molar-refractivity contribution in [3.8, 4) is 23.0 Å². The van der Waals surface area contributed by atoms with E-state index in [4.69, 9.17) is 18.9 Å². The number of methoxy groups -OCH3 is 4. The third kappa shape index (κ3) is 9.17. The molecule has 10 nitrogen and oxygen atoms in total. The van der Waals surface area contributed by atoms with E-state index in [1.54, 1.807) is 40.2 Å². The molecule has 0 saturated carbocycles. The molecule has 1 unspecified atom stereocenters. The Morgan fingerprint density at radius 2 is 0.842 bits per heavy atom. The van der Waals surface area contributed by atoms with Crippen LogP contribution in [0.1, 0.15) is 13.3 Å². The van der Waals surface area contributed by atoms with Crippen molar-refractivity contribution in [2.45, 2.75) is 28.4 Å². The fraction of sp³-hybridized carbons (Fsp3) is 0.182. The van der Waals surface area contributed by atoms with E-state index in [1.807, 2.05) is 97.1 Å². The van der Waals surface area contributed by atoms with Crippen molar-refractivity contribution >= 4 is 67.4 Å². The maximum Gasteiger partial charge on any atom is 1.00 e. The molecule has 1 aliphatic rings. The smallest absolute Gasteiger partial charge is 0.748 e. The SMILES string of the molecule is COc1ccc(N(c2ccc(OC)cc2)c2ccc3c(c2)N(CCC(C)S(=O)(=O)[O-])c2cc(N(c4ccc(OC)cc4)c4ccc(OC)cc4)ccc2S3)cc1.[Na+]. The maximum atomic E-state index is 12.2. The fourth-order valence-electron chi connectivity index (χ4n) is 6.65. The molecular weight excluding hydrogens is 770 g/mol. The second-order valence-corrected chi connectivity index (χ2v) is 16.0. The van der Waals surface area contributed by atoms with Crippen LogP contribution in [0.5, 0.6) is 23.0 Å². The van der Waals surface area contributed by atoms with Gasteiger partial charge in [-0.2, -0.15) is 0 Å². The number of nitrogens with zero attached hydrogens (tertiary/aromatic N) is 3. The zero-order valence-corrected chi connectivity index (χ0v) is 36.3. The molecule has 6 aromatic carbocycles. The molecule has 0 saturated heterocycles. The molecule has 0 spiro atoms. The van der Waals surface area contributed by atoms with Gasteiger partial charge in [0.05, 0.1) is 49.9 Å². The van der Waals surface area contributed by atoms with Gasteiger partial charge in [-0.05, 0) is 147 Å². The monoisotopic (exact) mass is 811 g/mol. The van der Waals surface area contributed by atoms with Crippen molar-refractivity contribution in [2.75, 3.05) is 49.7 Å². The third-order valence-electron chi connectivity index (χ3n) is 9.78. The minimum absolute atomic E-state index is 0. The summed E-state index contributed by atoms with van der Waals surface area (Å²) >= 11 is 1.65. The van der Waals surface area contributed by atoms with E-state index in [-0.39, 0.29) is 42.5 Å². The van der Waals surface area contributed by atoms with Crippen LogP contribution >= 0.6 is 11.8 Å². The van der Waals surface area contributed by atoms with Gasteiger partial charge in [0.1, 0.15) is 23.0 Å². The molecule has 0 amide bonds. The van der Waals surface area contributed by atoms with Crippen LogP contribution in [0.3, 0.4) is 0 Å². The Balaban J connectivity index is 0.00000549. The minimum atomic E-state index is -4.51. The third-order valence-corrected chi connectivity index (χ3v) is 12.1. The number of ether oxygens (including phenoxy) is 4. The van der Waals surface area contributed by atoms with E-state index >= 15 is 0 Å². The molecule has 13 heteroatoms. The Kier molecular flexibility index (Phi) is 13.3. The number of benzene rings is 6. The number of fused-ring (bicyclic) bond motifs is 2. The summed E-state index contributed by atoms with van der Waals surface area (Å²) in [4.78, 5) is 8.43. The Bertz CT molecular complexity index is 2160. The van der Waals surface area contributed by atoms with E-state index in [1.165, 1.54) is 6.92 Å². The Hall–Kier alpha value is -4.82. The van der Waals surface area contributed by atoms with Crippen LogP contribution in [0.15, 0.2) is 143 Å². The first-order chi connectivity index (χ1) is 27.1. The predicted molar refractivity (Wildman–Crippen MR) is 223 cm³/mol. The van der Waals surface area contributed by atoms with E-state index < -0.39 is 15.4 Å². The number of rotatable bonds is 14. The van der Waals surface area contributed by atoms with Gasteiger partial charge in [0.15, 0.2) is 0 Å². The summed E-state index contributed by atoms with van der Waals surface area (Å²) in [5.74, 6) is 2.96. The second kappa shape index (κ2) is 18.2. The van der Waals surface area contributed by atoms with Gasteiger partial charge in [-0.3, -0.25) is 0 Å². The molecule has 1 atom stereocenters. The first kappa shape index (κ1) is 41.8. The molecule has 0 bridgehead atoms. The molecule has 0 N–H and O–H groups in total. The number of hydrogen-bond donors (Lipinski definition) is 0. The van der Waals surface area contributed by atoms with Crippen molar-refractivity contribution in [3.05, 3.63) is 133 Å². The van der Waals surface area contributed by atoms with Crippen LogP contribution in [0.2, 0.25) is 0 Å². The maximum absolute atomic E-state index is 12.2. The zero-order valence-electron chi connectivity index (χ0n) is 32.7. The van der Waals surface area contributed by atoms with Gasteiger partial charge < -0.3 is 38.2 Å². The summed E-state index contributed by atoms with van der Waals surface area (Å²) < 4.78 is 58.3. The van der Waals surface area contributed by atoms with Crippen LogP contribution in [0.4, 0.5) is 45.5 Å². The molecule has 1 aliphatic heterocycles. The number of hydrogen-bond acceptors (Lipinski definition) is 11. The summed E-state index contributed by atoms with van der Waals surface area (Å²) in [6.45, 7) is 1.76. The Morgan fingerprint density at radius 1 is 0.544 bits per heavy atom. The summed E-state index contributed by atoms with van der Waals surface area (Å²) in [5, 5.41) is -1.08. The quantitative estimate of drug-likeness (QED) is 0.0803. The molecule has 0 aliphatic carbocycles. The van der Waals surface area contributed by atoms with Crippen LogP contribution in [-0.2, 0) is 10.1 Å². The second-order valence-electron chi connectivity index (χ2n) is 13.1. The molecule has 57 heavy (non-hydrogen) atoms. The predicted octanol–water partition coefficient (Wildman–Crippen LogP) is 7.59. The minimum Gasteiger partial charge on any atom is -0.748 e. The Labute approximate surface area is 361 Å². The van der Waals surface area contributed by atoms with Crippen molar-refractivity contribution in [1.29, 1.82) is 0 Å². The largest absolute Gasteiger partial charge is 1.00 e. The van der Waals surface area contributed by atoms with Gasteiger partial charge in [0, 0.05) is 55.7 Å². The van der Waals surface area contributed by atoms with E-state index in [2.05, 4.69) is 51.1 Å². The van der Waals surface area contributed by atoms with Gasteiger partial charge in [0.25, 0.3) is 0 Å². The van der Waals surface area contributed by atoms with Gasteiger partial charge >= 0.3 is 29.6 Å². The van der Waals surface area contributed by atoms with Crippen molar-refractivity contribution in [1.82, 2.24) is 0 Å². The van der Waals surface area contributed by atoms with Gasteiger partial charge in [-0.25, -0.2) is 8.42 Å². The first-order valence-corrected chi connectivity index (χ1v) is 20.2.